The van der Waals surface area contributed by atoms with Crippen LogP contribution in [0.4, 0.5) is 0 Å². The van der Waals surface area contributed by atoms with Crippen LogP contribution in [0.5, 0.6) is 5.75 Å². The quantitative estimate of drug-likeness (QED) is 0.681. The van der Waals surface area contributed by atoms with Gasteiger partial charge >= 0.3 is 0 Å². The number of hydrogen-bond donors (Lipinski definition) is 3. The van der Waals surface area contributed by atoms with Crippen molar-refractivity contribution in [1.29, 1.82) is 0 Å². The Morgan fingerprint density at radius 1 is 1.35 bits per heavy atom. The van der Waals surface area contributed by atoms with Crippen LogP contribution in [0.15, 0.2) is 24.3 Å². The van der Waals surface area contributed by atoms with Gasteiger partial charge in [-0.3, -0.25) is 4.79 Å². The lowest BCUT2D eigenvalue weighted by molar-refractivity contribution is -0.124. The number of hydrogen-bond acceptors (Lipinski definition) is 4. The summed E-state index contributed by atoms with van der Waals surface area (Å²) in [7, 11) is 0. The Bertz CT molecular complexity index is 368. The summed E-state index contributed by atoms with van der Waals surface area (Å²) in [5, 5.41) is 20.4. The van der Waals surface area contributed by atoms with Crippen molar-refractivity contribution in [3.63, 3.8) is 0 Å². The zero-order chi connectivity index (χ0) is 12.7. The number of para-hydroxylation sites is 1. The number of benzene rings is 1. The molecule has 0 aromatic heterocycles. The van der Waals surface area contributed by atoms with Crippen molar-refractivity contribution in [3.05, 3.63) is 29.3 Å². The maximum absolute atomic E-state index is 11.4. The molecule has 0 aliphatic heterocycles. The van der Waals surface area contributed by atoms with Crippen LogP contribution in [0.25, 0.3) is 0 Å². The third-order valence-electron chi connectivity index (χ3n) is 2.00. The lowest BCUT2D eigenvalue weighted by atomic mass is 10.3. The molecule has 0 heterocycles. The highest BCUT2D eigenvalue weighted by Crippen LogP contribution is 2.22. The highest BCUT2D eigenvalue weighted by molar-refractivity contribution is 6.32. The van der Waals surface area contributed by atoms with Gasteiger partial charge in [0.1, 0.15) is 5.75 Å². The van der Waals surface area contributed by atoms with E-state index in [4.69, 9.17) is 26.6 Å². The fourth-order valence-corrected chi connectivity index (χ4v) is 1.31. The van der Waals surface area contributed by atoms with Crippen molar-refractivity contribution in [2.24, 2.45) is 0 Å². The van der Waals surface area contributed by atoms with Crippen LogP contribution < -0.4 is 10.1 Å². The van der Waals surface area contributed by atoms with Crippen molar-refractivity contribution in [2.75, 3.05) is 19.8 Å². The zero-order valence-electron chi connectivity index (χ0n) is 9.10. The third kappa shape index (κ3) is 4.60. The van der Waals surface area contributed by atoms with E-state index in [1.54, 1.807) is 24.3 Å². The molecule has 0 saturated heterocycles. The molecule has 1 aromatic carbocycles. The van der Waals surface area contributed by atoms with Gasteiger partial charge in [-0.05, 0) is 12.1 Å². The second-order valence-electron chi connectivity index (χ2n) is 3.35. The Hall–Kier alpha value is -1.30. The van der Waals surface area contributed by atoms with Crippen molar-refractivity contribution in [2.45, 2.75) is 6.04 Å². The molecule has 0 unspecified atom stereocenters. The average molecular weight is 260 g/mol. The maximum atomic E-state index is 11.4. The summed E-state index contributed by atoms with van der Waals surface area (Å²) in [4.78, 5) is 11.4. The van der Waals surface area contributed by atoms with E-state index >= 15 is 0 Å². The minimum Gasteiger partial charge on any atom is -0.482 e. The van der Waals surface area contributed by atoms with Gasteiger partial charge in [0.25, 0.3) is 5.91 Å². The Kier molecular flexibility index (Phi) is 5.76. The molecule has 1 aromatic rings. The number of aliphatic hydroxyl groups excluding tert-OH is 2. The normalized spacial score (nSPS) is 10.4. The first-order chi connectivity index (χ1) is 8.17. The molecule has 0 bridgehead atoms. The molecule has 0 atom stereocenters. The molecule has 5 nitrogen and oxygen atoms in total. The van der Waals surface area contributed by atoms with Gasteiger partial charge in [-0.25, -0.2) is 0 Å². The number of amides is 1. The van der Waals surface area contributed by atoms with Crippen LogP contribution in [0.3, 0.4) is 0 Å². The van der Waals surface area contributed by atoms with Crippen molar-refractivity contribution < 1.29 is 19.7 Å². The second kappa shape index (κ2) is 7.11. The largest absolute Gasteiger partial charge is 0.482 e. The third-order valence-corrected chi connectivity index (χ3v) is 2.31. The first kappa shape index (κ1) is 13.8. The van der Waals surface area contributed by atoms with Gasteiger partial charge in [0.05, 0.1) is 24.3 Å². The number of halogens is 1. The van der Waals surface area contributed by atoms with E-state index in [0.717, 1.165) is 0 Å². The summed E-state index contributed by atoms with van der Waals surface area (Å²) in [5.41, 5.74) is 0. The van der Waals surface area contributed by atoms with Gasteiger partial charge in [-0.2, -0.15) is 0 Å². The number of rotatable bonds is 6. The van der Waals surface area contributed by atoms with E-state index in [1.807, 2.05) is 0 Å². The van der Waals surface area contributed by atoms with Crippen LogP contribution in [-0.4, -0.2) is 42.0 Å². The maximum Gasteiger partial charge on any atom is 0.258 e. The first-order valence-electron chi connectivity index (χ1n) is 5.05. The fourth-order valence-electron chi connectivity index (χ4n) is 1.12. The van der Waals surface area contributed by atoms with E-state index in [9.17, 15) is 4.79 Å². The molecule has 0 radical (unpaired) electrons. The molecule has 17 heavy (non-hydrogen) atoms. The molecule has 0 spiro atoms. The molecule has 0 fully saturated rings. The Labute approximate surface area is 104 Å². The summed E-state index contributed by atoms with van der Waals surface area (Å²) in [6.45, 7) is -0.872. The predicted molar refractivity (Wildman–Crippen MR) is 63.0 cm³/mol. The van der Waals surface area contributed by atoms with E-state index in [2.05, 4.69) is 5.32 Å². The van der Waals surface area contributed by atoms with Crippen molar-refractivity contribution in [3.8, 4) is 5.75 Å². The van der Waals surface area contributed by atoms with Gasteiger partial charge in [0.15, 0.2) is 6.61 Å². The van der Waals surface area contributed by atoms with Crippen LogP contribution in [0.1, 0.15) is 0 Å². The van der Waals surface area contributed by atoms with Crippen molar-refractivity contribution in [1.82, 2.24) is 5.32 Å². The molecule has 1 rings (SSSR count). The van der Waals surface area contributed by atoms with Crippen LogP contribution in [-0.2, 0) is 4.79 Å². The molecule has 1 amide bonds. The lowest BCUT2D eigenvalue weighted by Gasteiger charge is -2.13. The zero-order valence-corrected chi connectivity index (χ0v) is 9.85. The van der Waals surface area contributed by atoms with Crippen molar-refractivity contribution >= 4 is 17.5 Å². The van der Waals surface area contributed by atoms with Gasteiger partial charge < -0.3 is 20.3 Å². The number of nitrogens with one attached hydrogen (secondary N) is 1. The van der Waals surface area contributed by atoms with Gasteiger partial charge in [-0.1, -0.05) is 23.7 Å². The van der Waals surface area contributed by atoms with Gasteiger partial charge in [0.2, 0.25) is 0 Å². The number of aliphatic hydroxyl groups is 2. The molecular formula is C11H14ClNO4. The summed E-state index contributed by atoms with van der Waals surface area (Å²) >= 11 is 5.83. The Morgan fingerprint density at radius 2 is 2.00 bits per heavy atom. The molecule has 0 saturated carbocycles. The monoisotopic (exact) mass is 259 g/mol. The SMILES string of the molecule is O=C(COc1ccccc1Cl)NC(CO)CO. The topological polar surface area (TPSA) is 78.8 Å². The molecule has 94 valence electrons. The Morgan fingerprint density at radius 3 is 2.59 bits per heavy atom. The standard InChI is InChI=1S/C11H14ClNO4/c12-9-3-1-2-4-10(9)17-7-11(16)13-8(5-14)6-15/h1-4,8,14-15H,5-7H2,(H,13,16). The van der Waals surface area contributed by atoms with E-state index in [1.165, 1.54) is 0 Å². The molecule has 0 aliphatic rings. The smallest absolute Gasteiger partial charge is 0.258 e. The summed E-state index contributed by atoms with van der Waals surface area (Å²) in [6.07, 6.45) is 0. The minimum absolute atomic E-state index is 0.222. The summed E-state index contributed by atoms with van der Waals surface area (Å²) in [6, 6.07) is 6.12. The lowest BCUT2D eigenvalue weighted by Crippen LogP contribution is -2.42. The molecule has 6 heteroatoms. The molecular weight excluding hydrogens is 246 g/mol. The first-order valence-corrected chi connectivity index (χ1v) is 5.43. The summed E-state index contributed by atoms with van der Waals surface area (Å²) < 4.78 is 5.18. The highest BCUT2D eigenvalue weighted by Gasteiger charge is 2.11. The van der Waals surface area contributed by atoms with E-state index in [-0.39, 0.29) is 19.8 Å². The van der Waals surface area contributed by atoms with E-state index in [0.29, 0.717) is 10.8 Å². The van der Waals surface area contributed by atoms with Gasteiger partial charge in [-0.15, -0.1) is 0 Å². The Balaban J connectivity index is 2.41. The number of ether oxygens (including phenoxy) is 1. The minimum atomic E-state index is -0.669. The molecule has 3 N–H and O–H groups in total. The van der Waals surface area contributed by atoms with Crippen LogP contribution in [0.2, 0.25) is 5.02 Å². The number of carbonyl (C=O) groups excluding carboxylic acids is 1. The number of carbonyl (C=O) groups is 1. The second-order valence-corrected chi connectivity index (χ2v) is 3.76. The van der Waals surface area contributed by atoms with Crippen LogP contribution in [0, 0.1) is 0 Å². The molecule has 0 aliphatic carbocycles. The predicted octanol–water partition coefficient (Wildman–Crippen LogP) is 0.188. The van der Waals surface area contributed by atoms with Gasteiger partial charge in [0, 0.05) is 0 Å². The fraction of sp³-hybridized carbons (Fsp3) is 0.364. The average Bonchev–Trinajstić information content (AvgIpc) is 2.35. The summed E-state index contributed by atoms with van der Waals surface area (Å²) in [5.74, 6) is -0.0214. The van der Waals surface area contributed by atoms with E-state index < -0.39 is 11.9 Å². The highest BCUT2D eigenvalue weighted by atomic mass is 35.5. The van der Waals surface area contributed by atoms with Crippen LogP contribution >= 0.6 is 11.6 Å².